The molecule has 2 N–H and O–H groups in total. The van der Waals surface area contributed by atoms with Crippen molar-refractivity contribution in [2.45, 2.75) is 12.8 Å². The fraction of sp³-hybridized carbons (Fsp3) is 0.0741. The fourth-order valence-corrected chi connectivity index (χ4v) is 5.04. The molecule has 172 valence electrons. The molecule has 8 heteroatoms. The summed E-state index contributed by atoms with van der Waals surface area (Å²) in [5.41, 5.74) is 12.1. The summed E-state index contributed by atoms with van der Waals surface area (Å²) in [7, 11) is 0. The number of fused-ring (bicyclic) bond motifs is 2. The predicted molar refractivity (Wildman–Crippen MR) is 140 cm³/mol. The summed E-state index contributed by atoms with van der Waals surface area (Å²) in [6.45, 7) is 1.98. The summed E-state index contributed by atoms with van der Waals surface area (Å²) in [4.78, 5) is 4.70. The van der Waals surface area contributed by atoms with E-state index in [2.05, 4.69) is 0 Å². The van der Waals surface area contributed by atoms with Crippen molar-refractivity contribution in [1.29, 1.82) is 0 Å². The Hall–Kier alpha value is -3.94. The number of nitrogens with zero attached hydrogens (tertiary/aromatic N) is 4. The van der Waals surface area contributed by atoms with Crippen molar-refractivity contribution in [3.05, 3.63) is 117 Å². The van der Waals surface area contributed by atoms with E-state index in [9.17, 15) is 0 Å². The lowest BCUT2D eigenvalue weighted by molar-refractivity contribution is 0.401. The van der Waals surface area contributed by atoms with Crippen LogP contribution in [0.3, 0.4) is 0 Å². The average Bonchev–Trinajstić information content (AvgIpc) is 3.20. The van der Waals surface area contributed by atoms with E-state index in [0.29, 0.717) is 27.4 Å². The van der Waals surface area contributed by atoms with Crippen molar-refractivity contribution < 1.29 is 4.74 Å². The number of benzene rings is 3. The number of ether oxygens (including phenoxy) is 1. The molecule has 0 bridgehead atoms. The Balaban J connectivity index is 1.65. The van der Waals surface area contributed by atoms with Gasteiger partial charge in [-0.3, -0.25) is 4.57 Å². The Morgan fingerprint density at radius 3 is 2.17 bits per heavy atom. The monoisotopic (exact) mass is 497 g/mol. The Labute approximate surface area is 212 Å². The second-order valence-electron chi connectivity index (χ2n) is 8.31. The molecule has 0 spiro atoms. The minimum Gasteiger partial charge on any atom is -0.420 e. The van der Waals surface area contributed by atoms with Gasteiger partial charge in [0.1, 0.15) is 5.82 Å². The quantitative estimate of drug-likeness (QED) is 0.278. The van der Waals surface area contributed by atoms with E-state index in [1.807, 2.05) is 91.9 Å². The first-order chi connectivity index (χ1) is 17.0. The predicted octanol–water partition coefficient (Wildman–Crippen LogP) is 6.62. The van der Waals surface area contributed by atoms with Crippen LogP contribution in [0.1, 0.15) is 28.3 Å². The molecule has 0 amide bonds. The molecule has 1 aliphatic rings. The molecular weight excluding hydrogens is 478 g/mol. The zero-order valence-corrected chi connectivity index (χ0v) is 20.3. The van der Waals surface area contributed by atoms with Gasteiger partial charge in [0.25, 0.3) is 0 Å². The number of aryl methyl sites for hydroxylation is 1. The molecule has 0 aliphatic carbocycles. The van der Waals surface area contributed by atoms with Crippen molar-refractivity contribution in [1.82, 2.24) is 19.3 Å². The molecule has 3 heterocycles. The lowest BCUT2D eigenvalue weighted by Gasteiger charge is -2.29. The van der Waals surface area contributed by atoms with Crippen LogP contribution in [0.2, 0.25) is 5.02 Å². The van der Waals surface area contributed by atoms with E-state index >= 15 is 0 Å². The van der Waals surface area contributed by atoms with E-state index in [0.717, 1.165) is 33.8 Å². The zero-order chi connectivity index (χ0) is 24.1. The molecule has 2 aromatic heterocycles. The topological polar surface area (TPSA) is 70.9 Å². The first kappa shape index (κ1) is 21.6. The van der Waals surface area contributed by atoms with Crippen molar-refractivity contribution >= 4 is 29.6 Å². The van der Waals surface area contributed by atoms with Gasteiger partial charge in [-0.25, -0.2) is 4.68 Å². The number of aromatic nitrogens is 4. The summed E-state index contributed by atoms with van der Waals surface area (Å²) < 4.78 is 10.3. The highest BCUT2D eigenvalue weighted by molar-refractivity contribution is 7.71. The number of nitrogens with two attached hydrogens (primary N) is 1. The summed E-state index contributed by atoms with van der Waals surface area (Å²) in [6.07, 6.45) is 0. The van der Waals surface area contributed by atoms with E-state index in [1.165, 1.54) is 0 Å². The van der Waals surface area contributed by atoms with Crippen LogP contribution >= 0.6 is 23.8 Å². The van der Waals surface area contributed by atoms with Crippen molar-refractivity contribution in [2.24, 2.45) is 0 Å². The third-order valence-electron chi connectivity index (χ3n) is 6.19. The van der Waals surface area contributed by atoms with Gasteiger partial charge in [-0.2, -0.15) is 10.1 Å². The maximum atomic E-state index is 6.84. The van der Waals surface area contributed by atoms with E-state index in [1.54, 1.807) is 9.25 Å². The summed E-state index contributed by atoms with van der Waals surface area (Å²) in [5, 5.41) is 5.49. The van der Waals surface area contributed by atoms with E-state index < -0.39 is 0 Å². The molecule has 3 aromatic carbocycles. The van der Waals surface area contributed by atoms with Crippen LogP contribution in [0.4, 0.5) is 5.82 Å². The number of hydrogen-bond acceptors (Lipinski definition) is 5. The number of anilines is 1. The molecule has 0 radical (unpaired) electrons. The summed E-state index contributed by atoms with van der Waals surface area (Å²) in [6, 6.07) is 27.3. The van der Waals surface area contributed by atoms with Gasteiger partial charge in [-0.1, -0.05) is 60.1 Å². The average molecular weight is 498 g/mol. The molecular formula is C27H20ClN5OS. The second kappa shape index (κ2) is 8.37. The summed E-state index contributed by atoms with van der Waals surface area (Å²) in [5.74, 6) is 1.18. The van der Waals surface area contributed by atoms with Crippen LogP contribution < -0.4 is 10.5 Å². The third kappa shape index (κ3) is 3.51. The van der Waals surface area contributed by atoms with Gasteiger partial charge in [0.05, 0.1) is 28.4 Å². The normalized spacial score (nSPS) is 14.2. The molecule has 1 unspecified atom stereocenters. The van der Waals surface area contributed by atoms with Crippen molar-refractivity contribution in [2.75, 3.05) is 5.73 Å². The number of para-hydroxylation sites is 2. The van der Waals surface area contributed by atoms with E-state index in [-0.39, 0.29) is 5.92 Å². The minimum absolute atomic E-state index is 0.276. The SMILES string of the molecule is Cc1nn(-c2ccccc2)c2c1C(c1ccc(Cl)cc1)c1c(nc(=S)n(-c3ccccc3)c1N)O2. The summed E-state index contributed by atoms with van der Waals surface area (Å²) >= 11 is 11.9. The smallest absolute Gasteiger partial charge is 0.231 e. The van der Waals surface area contributed by atoms with Gasteiger partial charge >= 0.3 is 0 Å². The van der Waals surface area contributed by atoms with Crippen LogP contribution in [0.25, 0.3) is 11.4 Å². The van der Waals surface area contributed by atoms with E-state index in [4.69, 9.17) is 44.4 Å². The highest BCUT2D eigenvalue weighted by Crippen LogP contribution is 2.50. The maximum absolute atomic E-state index is 6.84. The Morgan fingerprint density at radius 1 is 0.886 bits per heavy atom. The second-order valence-corrected chi connectivity index (χ2v) is 9.11. The molecule has 0 saturated heterocycles. The molecule has 0 saturated carbocycles. The zero-order valence-electron chi connectivity index (χ0n) is 18.7. The number of hydrogen-bond donors (Lipinski definition) is 1. The maximum Gasteiger partial charge on any atom is 0.231 e. The lowest BCUT2D eigenvalue weighted by Crippen LogP contribution is -2.20. The highest BCUT2D eigenvalue weighted by atomic mass is 35.5. The highest BCUT2D eigenvalue weighted by Gasteiger charge is 2.38. The molecule has 35 heavy (non-hydrogen) atoms. The first-order valence-electron chi connectivity index (χ1n) is 11.1. The van der Waals surface area contributed by atoms with Crippen LogP contribution in [-0.2, 0) is 0 Å². The molecule has 0 fully saturated rings. The van der Waals surface area contributed by atoms with Gasteiger partial charge < -0.3 is 10.5 Å². The minimum atomic E-state index is -0.276. The lowest BCUT2D eigenvalue weighted by atomic mass is 9.84. The fourth-order valence-electron chi connectivity index (χ4n) is 4.62. The number of nitrogen functional groups attached to an aromatic ring is 1. The molecule has 1 atom stereocenters. The van der Waals surface area contributed by atoms with Crippen molar-refractivity contribution in [3.63, 3.8) is 0 Å². The van der Waals surface area contributed by atoms with Gasteiger partial charge in [0, 0.05) is 10.7 Å². The Kier molecular flexibility index (Phi) is 5.16. The van der Waals surface area contributed by atoms with Gasteiger partial charge in [0.2, 0.25) is 16.5 Å². The number of rotatable bonds is 3. The molecule has 5 aromatic rings. The molecule has 1 aliphatic heterocycles. The first-order valence-corrected chi connectivity index (χ1v) is 11.9. The van der Waals surface area contributed by atoms with Gasteiger partial charge in [-0.15, -0.1) is 0 Å². The van der Waals surface area contributed by atoms with Crippen LogP contribution in [0.5, 0.6) is 11.8 Å². The van der Waals surface area contributed by atoms with Crippen LogP contribution in [0.15, 0.2) is 84.9 Å². The molecule has 6 rings (SSSR count). The number of halogens is 1. The van der Waals surface area contributed by atoms with Crippen LogP contribution in [0, 0.1) is 11.7 Å². The van der Waals surface area contributed by atoms with Crippen molar-refractivity contribution in [3.8, 4) is 23.1 Å². The Bertz CT molecular complexity index is 1610. The van der Waals surface area contributed by atoms with Gasteiger partial charge in [-0.05, 0) is 61.1 Å². The van der Waals surface area contributed by atoms with Crippen LogP contribution in [-0.4, -0.2) is 19.3 Å². The largest absolute Gasteiger partial charge is 0.420 e. The van der Waals surface area contributed by atoms with Gasteiger partial charge in [0.15, 0.2) is 0 Å². The third-order valence-corrected chi connectivity index (χ3v) is 6.71. The standard InChI is InChI=1S/C27H20ClN5OS/c1-16-21-22(17-12-14-18(28)15-13-17)23-24(29)32(19-8-4-2-5-9-19)27(35)30-25(23)34-26(21)33(31-16)20-10-6-3-7-11-20/h2-15,22H,29H2,1H3. The molecule has 6 nitrogen and oxygen atoms in total. The Morgan fingerprint density at radius 2 is 1.51 bits per heavy atom.